The summed E-state index contributed by atoms with van der Waals surface area (Å²) in [6, 6.07) is 15.4. The van der Waals surface area contributed by atoms with Crippen LogP contribution in [0.4, 0.5) is 5.69 Å². The van der Waals surface area contributed by atoms with E-state index in [0.29, 0.717) is 40.4 Å². The maximum Gasteiger partial charge on any atom is 0.284 e. The molecule has 0 saturated heterocycles. The third-order valence-corrected chi connectivity index (χ3v) is 4.54. The second-order valence-electron chi connectivity index (χ2n) is 6.17. The Balaban J connectivity index is 1.68. The predicted octanol–water partition coefficient (Wildman–Crippen LogP) is 4.69. The molecular weight excluding hydrogens is 346 g/mol. The number of carbonyl (C=O) groups excluding carboxylic acids is 1. The number of nitro groups is 1. The van der Waals surface area contributed by atoms with Crippen molar-refractivity contribution in [2.24, 2.45) is 0 Å². The van der Waals surface area contributed by atoms with E-state index < -0.39 is 4.92 Å². The third-order valence-electron chi connectivity index (χ3n) is 4.54. The van der Waals surface area contributed by atoms with Crippen molar-refractivity contribution in [1.82, 2.24) is 0 Å². The lowest BCUT2D eigenvalue weighted by Gasteiger charge is -2.03. The first-order valence-corrected chi connectivity index (χ1v) is 8.32. The minimum Gasteiger partial charge on any atom is -0.497 e. The second-order valence-corrected chi connectivity index (χ2v) is 6.17. The van der Waals surface area contributed by atoms with Crippen molar-refractivity contribution in [1.29, 1.82) is 0 Å². The third kappa shape index (κ3) is 3.01. The molecule has 1 heterocycles. The number of hydrogen-bond donors (Lipinski definition) is 0. The van der Waals surface area contributed by atoms with E-state index in [1.54, 1.807) is 30.3 Å². The minimum atomic E-state index is -0.477. The molecule has 27 heavy (non-hydrogen) atoms. The summed E-state index contributed by atoms with van der Waals surface area (Å²) < 4.78 is 10.8. The van der Waals surface area contributed by atoms with Gasteiger partial charge in [0.15, 0.2) is 5.78 Å². The van der Waals surface area contributed by atoms with E-state index >= 15 is 0 Å². The Kier molecular flexibility index (Phi) is 4.08. The molecule has 1 aromatic heterocycles. The van der Waals surface area contributed by atoms with Crippen molar-refractivity contribution >= 4 is 17.5 Å². The van der Waals surface area contributed by atoms with Crippen LogP contribution >= 0.6 is 0 Å². The summed E-state index contributed by atoms with van der Waals surface area (Å²) in [7, 11) is 1.45. The largest absolute Gasteiger partial charge is 0.497 e. The van der Waals surface area contributed by atoms with Gasteiger partial charge in [-0.2, -0.15) is 0 Å². The van der Waals surface area contributed by atoms with Crippen molar-refractivity contribution < 1.29 is 18.9 Å². The quantitative estimate of drug-likeness (QED) is 0.383. The molecule has 0 aliphatic heterocycles. The maximum absolute atomic E-state index is 12.5. The minimum absolute atomic E-state index is 0.0148. The van der Waals surface area contributed by atoms with Crippen molar-refractivity contribution in [3.63, 3.8) is 0 Å². The monoisotopic (exact) mass is 361 g/mol. The van der Waals surface area contributed by atoms with Crippen LogP contribution in [0.15, 0.2) is 64.6 Å². The van der Waals surface area contributed by atoms with Gasteiger partial charge in [-0.1, -0.05) is 24.3 Å². The van der Waals surface area contributed by atoms with Crippen molar-refractivity contribution in [3.8, 4) is 17.1 Å². The van der Waals surface area contributed by atoms with Crippen molar-refractivity contribution in [2.75, 3.05) is 7.11 Å². The zero-order chi connectivity index (χ0) is 19.0. The summed E-state index contributed by atoms with van der Waals surface area (Å²) >= 11 is 0. The molecule has 0 N–H and O–H groups in total. The molecule has 6 nitrogen and oxygen atoms in total. The summed E-state index contributed by atoms with van der Waals surface area (Å²) in [5.41, 5.74) is 2.59. The number of rotatable bonds is 4. The summed E-state index contributed by atoms with van der Waals surface area (Å²) in [6.07, 6.45) is 2.24. The highest BCUT2D eigenvalue weighted by atomic mass is 16.6. The van der Waals surface area contributed by atoms with Gasteiger partial charge in [-0.25, -0.2) is 0 Å². The molecule has 3 aromatic rings. The number of allylic oxidation sites excluding steroid dienone is 1. The lowest BCUT2D eigenvalue weighted by Crippen LogP contribution is -1.94. The molecule has 134 valence electrons. The van der Waals surface area contributed by atoms with Gasteiger partial charge in [0.25, 0.3) is 5.69 Å². The molecule has 1 aliphatic rings. The zero-order valence-corrected chi connectivity index (χ0v) is 14.5. The summed E-state index contributed by atoms with van der Waals surface area (Å²) in [5, 5.41) is 11.4. The normalized spacial score (nSPS) is 14.4. The Morgan fingerprint density at radius 2 is 1.93 bits per heavy atom. The zero-order valence-electron chi connectivity index (χ0n) is 14.5. The van der Waals surface area contributed by atoms with Gasteiger partial charge in [0.1, 0.15) is 17.3 Å². The fourth-order valence-corrected chi connectivity index (χ4v) is 3.22. The smallest absolute Gasteiger partial charge is 0.284 e. The highest BCUT2D eigenvalue weighted by Gasteiger charge is 2.25. The van der Waals surface area contributed by atoms with Gasteiger partial charge in [0, 0.05) is 17.6 Å². The molecule has 0 unspecified atom stereocenters. The number of hydrogen-bond acceptors (Lipinski definition) is 5. The van der Waals surface area contributed by atoms with Crippen LogP contribution in [0.3, 0.4) is 0 Å². The van der Waals surface area contributed by atoms with Gasteiger partial charge in [0.2, 0.25) is 0 Å². The molecule has 1 aliphatic carbocycles. The van der Waals surface area contributed by atoms with Crippen molar-refractivity contribution in [3.05, 3.63) is 87.2 Å². The van der Waals surface area contributed by atoms with Crippen molar-refractivity contribution in [2.45, 2.75) is 6.42 Å². The number of ether oxygens (including phenoxy) is 1. The number of nitro benzene ring substituents is 1. The van der Waals surface area contributed by atoms with Gasteiger partial charge < -0.3 is 9.15 Å². The maximum atomic E-state index is 12.5. The molecule has 0 amide bonds. The molecule has 0 spiro atoms. The van der Waals surface area contributed by atoms with Crippen LogP contribution in [0.5, 0.6) is 5.75 Å². The summed E-state index contributed by atoms with van der Waals surface area (Å²) in [4.78, 5) is 23.4. The average molecular weight is 361 g/mol. The van der Waals surface area contributed by atoms with E-state index in [9.17, 15) is 14.9 Å². The van der Waals surface area contributed by atoms with Crippen LogP contribution in [0.1, 0.15) is 21.7 Å². The molecule has 6 heteroatoms. The van der Waals surface area contributed by atoms with Gasteiger partial charge in [-0.3, -0.25) is 14.9 Å². The van der Waals surface area contributed by atoms with Gasteiger partial charge in [0.05, 0.1) is 23.7 Å². The molecule has 0 fully saturated rings. The number of fused-ring (bicyclic) bond motifs is 1. The van der Waals surface area contributed by atoms with Gasteiger partial charge in [-0.05, 0) is 35.9 Å². The fraction of sp³-hybridized carbons (Fsp3) is 0.0952. The summed E-state index contributed by atoms with van der Waals surface area (Å²) in [6.45, 7) is 0. The summed E-state index contributed by atoms with van der Waals surface area (Å²) in [5.74, 6) is 1.22. The molecule has 0 atom stereocenters. The number of nitrogens with zero attached hydrogens (tertiary/aromatic N) is 1. The lowest BCUT2D eigenvalue weighted by molar-refractivity contribution is -0.384. The topological polar surface area (TPSA) is 82.6 Å². The first kappa shape index (κ1) is 16.8. The van der Waals surface area contributed by atoms with Gasteiger partial charge >= 0.3 is 0 Å². The number of methoxy groups -OCH3 is 1. The molecule has 0 saturated carbocycles. The first-order chi connectivity index (χ1) is 13.1. The Hall–Kier alpha value is -3.67. The molecule has 4 rings (SSSR count). The number of Topliss-reactive ketones (excluding diaryl/α,β-unsaturated/α-hetero) is 1. The van der Waals surface area contributed by atoms with Gasteiger partial charge in [-0.15, -0.1) is 0 Å². The number of carbonyl (C=O) groups is 1. The van der Waals surface area contributed by atoms with Crippen LogP contribution in [0.25, 0.3) is 17.4 Å². The van der Waals surface area contributed by atoms with Crippen LogP contribution < -0.4 is 4.74 Å². The highest BCUT2D eigenvalue weighted by molar-refractivity contribution is 6.15. The van der Waals surface area contributed by atoms with E-state index in [-0.39, 0.29) is 11.5 Å². The standard InChI is InChI=1S/C21H15NO5/c1-26-15-6-8-18(19(12-15)22(24)25)20-9-7-16(27-20)11-14-10-13-4-2-3-5-17(13)21(14)23/h2-9,11-12H,10H2,1H3/b14-11+. The Morgan fingerprint density at radius 1 is 1.11 bits per heavy atom. The SMILES string of the molecule is COc1ccc(-c2ccc(/C=C3\Cc4ccccc4C3=O)o2)c([N+](=O)[O-])c1. The Morgan fingerprint density at radius 3 is 2.67 bits per heavy atom. The van der Waals surface area contributed by atoms with E-state index in [4.69, 9.17) is 9.15 Å². The van der Waals surface area contributed by atoms with Crippen LogP contribution in [-0.4, -0.2) is 17.8 Å². The van der Waals surface area contributed by atoms with E-state index in [0.717, 1.165) is 5.56 Å². The molecular formula is C21H15NO5. The van der Waals surface area contributed by atoms with E-state index in [1.165, 1.54) is 13.2 Å². The molecule has 0 bridgehead atoms. The Labute approximate surface area is 154 Å². The average Bonchev–Trinajstić information content (AvgIpc) is 3.27. The van der Waals surface area contributed by atoms with E-state index in [1.807, 2.05) is 24.3 Å². The highest BCUT2D eigenvalue weighted by Crippen LogP contribution is 2.35. The Bertz CT molecular complexity index is 1090. The molecule has 2 aromatic carbocycles. The number of furan rings is 1. The van der Waals surface area contributed by atoms with Crippen LogP contribution in [0, 0.1) is 10.1 Å². The van der Waals surface area contributed by atoms with Crippen LogP contribution in [0.2, 0.25) is 0 Å². The fourth-order valence-electron chi connectivity index (χ4n) is 3.22. The predicted molar refractivity (Wildman–Crippen MR) is 99.8 cm³/mol. The molecule has 0 radical (unpaired) electrons. The number of benzene rings is 2. The van der Waals surface area contributed by atoms with E-state index in [2.05, 4.69) is 0 Å². The second kappa shape index (κ2) is 6.57. The number of ketones is 1. The lowest BCUT2D eigenvalue weighted by atomic mass is 10.1. The van der Waals surface area contributed by atoms with Crippen LogP contribution in [-0.2, 0) is 6.42 Å². The first-order valence-electron chi connectivity index (χ1n) is 8.32.